The van der Waals surface area contributed by atoms with Crippen molar-refractivity contribution in [2.45, 2.75) is 32.9 Å². The van der Waals surface area contributed by atoms with Crippen LogP contribution in [0.4, 0.5) is 0 Å². The molecule has 2 rings (SSSR count). The summed E-state index contributed by atoms with van der Waals surface area (Å²) in [6, 6.07) is 0.309. The van der Waals surface area contributed by atoms with Crippen molar-refractivity contribution in [1.29, 1.82) is 0 Å². The molecule has 0 amide bonds. The van der Waals surface area contributed by atoms with E-state index in [2.05, 4.69) is 23.7 Å². The van der Waals surface area contributed by atoms with Gasteiger partial charge in [0.1, 0.15) is 0 Å². The molecule has 18 heavy (non-hydrogen) atoms. The molecule has 0 saturated carbocycles. The molecule has 0 aliphatic rings. The van der Waals surface area contributed by atoms with Gasteiger partial charge < -0.3 is 5.11 Å². The summed E-state index contributed by atoms with van der Waals surface area (Å²) in [4.78, 5) is 18.3. The lowest BCUT2D eigenvalue weighted by molar-refractivity contribution is -0.137. The fourth-order valence-electron chi connectivity index (χ4n) is 1.82. The number of fused-ring (bicyclic) bond motifs is 1. The van der Waals surface area contributed by atoms with Crippen LogP contribution in [0.15, 0.2) is 17.8 Å². The monoisotopic (exact) mass is 267 g/mol. The van der Waals surface area contributed by atoms with Crippen molar-refractivity contribution in [1.82, 2.24) is 14.3 Å². The van der Waals surface area contributed by atoms with Crippen molar-refractivity contribution in [2.75, 3.05) is 6.54 Å². The fourth-order valence-corrected chi connectivity index (χ4v) is 2.54. The molecule has 0 aliphatic heterocycles. The Bertz CT molecular complexity index is 504. The highest BCUT2D eigenvalue weighted by Gasteiger charge is 2.13. The maximum absolute atomic E-state index is 10.6. The van der Waals surface area contributed by atoms with Gasteiger partial charge in [0.25, 0.3) is 0 Å². The van der Waals surface area contributed by atoms with Gasteiger partial charge >= 0.3 is 5.97 Å². The Balaban J connectivity index is 2.03. The second kappa shape index (κ2) is 5.49. The lowest BCUT2D eigenvalue weighted by Gasteiger charge is -2.24. The third kappa shape index (κ3) is 3.08. The predicted octanol–water partition coefficient (Wildman–Crippen LogP) is 2.08. The second-order valence-electron chi connectivity index (χ2n) is 4.53. The van der Waals surface area contributed by atoms with Crippen LogP contribution in [0.25, 0.3) is 4.96 Å². The molecule has 5 nitrogen and oxygen atoms in total. The Morgan fingerprint density at radius 3 is 3.00 bits per heavy atom. The van der Waals surface area contributed by atoms with Crippen molar-refractivity contribution >= 4 is 22.3 Å². The van der Waals surface area contributed by atoms with Crippen LogP contribution in [-0.4, -0.2) is 37.9 Å². The highest BCUT2D eigenvalue weighted by Crippen LogP contribution is 2.14. The average Bonchev–Trinajstić information content (AvgIpc) is 2.83. The van der Waals surface area contributed by atoms with E-state index in [0.29, 0.717) is 19.1 Å². The van der Waals surface area contributed by atoms with E-state index < -0.39 is 5.97 Å². The van der Waals surface area contributed by atoms with Gasteiger partial charge in [0, 0.05) is 36.9 Å². The fraction of sp³-hybridized carbons (Fsp3) is 0.500. The van der Waals surface area contributed by atoms with Crippen molar-refractivity contribution in [3.8, 4) is 0 Å². The standard InChI is InChI=1S/C12H17N3O2S/c1-9(2)14(4-3-11(16)17)7-10-8-15-5-6-18-12(15)13-10/h5-6,8-9H,3-4,7H2,1-2H3,(H,16,17). The molecule has 2 aromatic rings. The van der Waals surface area contributed by atoms with E-state index in [-0.39, 0.29) is 6.42 Å². The molecule has 0 aliphatic carbocycles. The minimum Gasteiger partial charge on any atom is -0.481 e. The molecular weight excluding hydrogens is 250 g/mol. The van der Waals surface area contributed by atoms with Crippen LogP contribution in [0.2, 0.25) is 0 Å². The topological polar surface area (TPSA) is 57.8 Å². The van der Waals surface area contributed by atoms with Crippen LogP contribution in [0.5, 0.6) is 0 Å². The maximum atomic E-state index is 10.6. The van der Waals surface area contributed by atoms with Gasteiger partial charge in [-0.3, -0.25) is 14.1 Å². The summed E-state index contributed by atoms with van der Waals surface area (Å²) in [6.07, 6.45) is 4.15. The molecule has 98 valence electrons. The summed E-state index contributed by atoms with van der Waals surface area (Å²) >= 11 is 1.60. The predicted molar refractivity (Wildman–Crippen MR) is 70.9 cm³/mol. The number of hydrogen-bond acceptors (Lipinski definition) is 4. The van der Waals surface area contributed by atoms with Crippen molar-refractivity contribution in [3.05, 3.63) is 23.5 Å². The van der Waals surface area contributed by atoms with Gasteiger partial charge in [0.15, 0.2) is 4.96 Å². The van der Waals surface area contributed by atoms with Gasteiger partial charge in [0.05, 0.1) is 12.1 Å². The third-order valence-corrected chi connectivity index (χ3v) is 3.62. The molecule has 0 saturated heterocycles. The van der Waals surface area contributed by atoms with Gasteiger partial charge in [0.2, 0.25) is 0 Å². The second-order valence-corrected chi connectivity index (χ2v) is 5.41. The Morgan fingerprint density at radius 1 is 1.61 bits per heavy atom. The van der Waals surface area contributed by atoms with Crippen LogP contribution in [0.1, 0.15) is 26.0 Å². The van der Waals surface area contributed by atoms with Crippen LogP contribution in [-0.2, 0) is 11.3 Å². The quantitative estimate of drug-likeness (QED) is 0.870. The maximum Gasteiger partial charge on any atom is 0.304 e. The Hall–Kier alpha value is -1.40. The lowest BCUT2D eigenvalue weighted by Crippen LogP contribution is -2.32. The van der Waals surface area contributed by atoms with E-state index in [0.717, 1.165) is 10.7 Å². The minimum absolute atomic E-state index is 0.167. The molecule has 0 radical (unpaired) electrons. The first-order valence-corrected chi connectivity index (χ1v) is 6.81. The zero-order valence-electron chi connectivity index (χ0n) is 10.5. The van der Waals surface area contributed by atoms with Crippen molar-refractivity contribution < 1.29 is 9.90 Å². The van der Waals surface area contributed by atoms with E-state index in [1.807, 2.05) is 22.2 Å². The molecular formula is C12H17N3O2S. The highest BCUT2D eigenvalue weighted by molar-refractivity contribution is 7.15. The first-order valence-electron chi connectivity index (χ1n) is 5.93. The van der Waals surface area contributed by atoms with Crippen LogP contribution in [0.3, 0.4) is 0 Å². The summed E-state index contributed by atoms with van der Waals surface area (Å²) in [5.41, 5.74) is 0.987. The van der Waals surface area contributed by atoms with E-state index in [4.69, 9.17) is 5.11 Å². The summed E-state index contributed by atoms with van der Waals surface area (Å²) in [5, 5.41) is 10.7. The van der Waals surface area contributed by atoms with Gasteiger partial charge in [-0.05, 0) is 13.8 Å². The van der Waals surface area contributed by atoms with Crippen LogP contribution < -0.4 is 0 Å². The van der Waals surface area contributed by atoms with Gasteiger partial charge in [-0.15, -0.1) is 11.3 Å². The van der Waals surface area contributed by atoms with Gasteiger partial charge in [-0.25, -0.2) is 4.98 Å². The molecule has 1 N–H and O–H groups in total. The number of carbonyl (C=O) groups is 1. The van der Waals surface area contributed by atoms with Crippen molar-refractivity contribution in [2.24, 2.45) is 0 Å². The van der Waals surface area contributed by atoms with E-state index >= 15 is 0 Å². The van der Waals surface area contributed by atoms with E-state index in [9.17, 15) is 4.79 Å². The number of carboxylic acid groups (broad SMARTS) is 1. The summed E-state index contributed by atoms with van der Waals surface area (Å²) < 4.78 is 2.00. The number of thiazole rings is 1. The number of hydrogen-bond donors (Lipinski definition) is 1. The number of rotatable bonds is 6. The van der Waals surface area contributed by atoms with Crippen LogP contribution in [0, 0.1) is 0 Å². The summed E-state index contributed by atoms with van der Waals surface area (Å²) in [7, 11) is 0. The lowest BCUT2D eigenvalue weighted by atomic mass is 10.2. The largest absolute Gasteiger partial charge is 0.481 e. The number of aromatic nitrogens is 2. The van der Waals surface area contributed by atoms with E-state index in [1.54, 1.807) is 11.3 Å². The molecule has 0 bridgehead atoms. The molecule has 6 heteroatoms. The molecule has 0 spiro atoms. The normalized spacial score (nSPS) is 11.8. The SMILES string of the molecule is CC(C)N(CCC(=O)O)Cc1cn2ccsc2n1. The highest BCUT2D eigenvalue weighted by atomic mass is 32.1. The Kier molecular flexibility index (Phi) is 3.98. The molecule has 0 unspecified atom stereocenters. The summed E-state index contributed by atoms with van der Waals surface area (Å²) in [5.74, 6) is -0.758. The van der Waals surface area contributed by atoms with Crippen LogP contribution >= 0.6 is 11.3 Å². The smallest absolute Gasteiger partial charge is 0.304 e. The molecule has 0 fully saturated rings. The third-order valence-electron chi connectivity index (χ3n) is 2.85. The minimum atomic E-state index is -0.758. The first-order chi connectivity index (χ1) is 8.56. The molecule has 2 aromatic heterocycles. The van der Waals surface area contributed by atoms with Gasteiger partial charge in [-0.2, -0.15) is 0 Å². The number of aliphatic carboxylic acids is 1. The first kappa shape index (κ1) is 13.0. The average molecular weight is 267 g/mol. The number of carboxylic acids is 1. The molecule has 0 atom stereocenters. The molecule has 2 heterocycles. The number of imidazole rings is 1. The van der Waals surface area contributed by atoms with Gasteiger partial charge in [-0.1, -0.05) is 0 Å². The summed E-state index contributed by atoms with van der Waals surface area (Å²) in [6.45, 7) is 5.39. The Morgan fingerprint density at radius 2 is 2.39 bits per heavy atom. The van der Waals surface area contributed by atoms with E-state index in [1.165, 1.54) is 0 Å². The zero-order valence-corrected chi connectivity index (χ0v) is 11.4. The Labute approximate surface area is 110 Å². The van der Waals surface area contributed by atoms with Crippen molar-refractivity contribution in [3.63, 3.8) is 0 Å². The molecule has 0 aromatic carbocycles. The zero-order chi connectivity index (χ0) is 13.1. The number of nitrogens with zero attached hydrogens (tertiary/aromatic N) is 3.